The Morgan fingerprint density at radius 3 is 1.52 bits per heavy atom. The zero-order valence-corrected chi connectivity index (χ0v) is 29.1. The molecule has 4 nitrogen and oxygen atoms in total. The molecule has 0 amide bonds. The molecule has 4 heteroatoms. The lowest BCUT2D eigenvalue weighted by molar-refractivity contribution is 1.17. The first-order valence-corrected chi connectivity index (χ1v) is 17.7. The van der Waals surface area contributed by atoms with E-state index in [2.05, 4.69) is 169 Å². The normalized spacial score (nSPS) is 11.3. The average Bonchev–Trinajstić information content (AvgIpc) is 3.54. The number of rotatable bonds is 7. The Labute approximate surface area is 303 Å². The lowest BCUT2D eigenvalue weighted by Gasteiger charge is -2.26. The SMILES string of the molecule is Cc1ccc(N(c2ccc(C)cc2)c2ccc3c(c2)c2ccccc2n3-c2ccc(-c3cc(-c4ccccc4)nc(-c4ccccc4)n3)cc2)cc1. The van der Waals surface area contributed by atoms with E-state index in [9.17, 15) is 0 Å². The summed E-state index contributed by atoms with van der Waals surface area (Å²) in [6.07, 6.45) is 0. The van der Waals surface area contributed by atoms with Crippen molar-refractivity contribution in [3.63, 3.8) is 0 Å². The standard InChI is InChI=1S/C48H36N4/c1-33-17-23-38(24-18-33)51(39-25-19-34(2)20-26-39)41-29-30-47-43(31-41)42-15-9-10-16-46(42)52(47)40-27-21-36(22-28-40)45-32-44(35-11-5-3-6-12-35)49-48(50-45)37-13-7-4-8-14-37/h3-32H,1-2H3. The molecule has 0 saturated heterocycles. The van der Waals surface area contributed by atoms with Crippen LogP contribution < -0.4 is 4.90 Å². The van der Waals surface area contributed by atoms with Crippen molar-refractivity contribution in [2.45, 2.75) is 13.8 Å². The van der Waals surface area contributed by atoms with Gasteiger partial charge < -0.3 is 9.47 Å². The second-order valence-electron chi connectivity index (χ2n) is 13.3. The highest BCUT2D eigenvalue weighted by atomic mass is 15.1. The highest BCUT2D eigenvalue weighted by Crippen LogP contribution is 2.40. The number of aromatic nitrogens is 3. The molecule has 0 aliphatic rings. The molecule has 0 radical (unpaired) electrons. The van der Waals surface area contributed by atoms with Gasteiger partial charge in [0.1, 0.15) is 0 Å². The van der Waals surface area contributed by atoms with Gasteiger partial charge in [-0.1, -0.05) is 126 Å². The van der Waals surface area contributed by atoms with Gasteiger partial charge in [0, 0.05) is 50.2 Å². The first-order chi connectivity index (χ1) is 25.6. The molecule has 0 bridgehead atoms. The number of hydrogen-bond acceptors (Lipinski definition) is 3. The van der Waals surface area contributed by atoms with Crippen LogP contribution in [-0.4, -0.2) is 14.5 Å². The molecule has 2 heterocycles. The summed E-state index contributed by atoms with van der Waals surface area (Å²) in [7, 11) is 0. The number of aryl methyl sites for hydroxylation is 2. The van der Waals surface area contributed by atoms with Gasteiger partial charge in [0.25, 0.3) is 0 Å². The smallest absolute Gasteiger partial charge is 0.160 e. The predicted molar refractivity (Wildman–Crippen MR) is 217 cm³/mol. The van der Waals surface area contributed by atoms with Crippen LogP contribution in [0.25, 0.3) is 61.4 Å². The fourth-order valence-corrected chi connectivity index (χ4v) is 7.06. The summed E-state index contributed by atoms with van der Waals surface area (Å²) in [5.41, 5.74) is 14.2. The first-order valence-electron chi connectivity index (χ1n) is 17.7. The molecule has 0 aliphatic carbocycles. The van der Waals surface area contributed by atoms with Crippen molar-refractivity contribution in [2.24, 2.45) is 0 Å². The van der Waals surface area contributed by atoms with Gasteiger partial charge in [-0.2, -0.15) is 0 Å². The third kappa shape index (κ3) is 5.80. The van der Waals surface area contributed by atoms with E-state index in [0.29, 0.717) is 5.82 Å². The van der Waals surface area contributed by atoms with Crippen LogP contribution in [-0.2, 0) is 0 Å². The van der Waals surface area contributed by atoms with E-state index in [-0.39, 0.29) is 0 Å². The molecule has 0 atom stereocenters. The van der Waals surface area contributed by atoms with Crippen molar-refractivity contribution in [1.82, 2.24) is 14.5 Å². The van der Waals surface area contributed by atoms with Crippen molar-refractivity contribution >= 4 is 38.9 Å². The molecular formula is C48H36N4. The maximum atomic E-state index is 5.05. The third-order valence-corrected chi connectivity index (χ3v) is 9.75. The highest BCUT2D eigenvalue weighted by Gasteiger charge is 2.18. The Bertz CT molecular complexity index is 2560. The van der Waals surface area contributed by atoms with E-state index in [1.165, 1.54) is 27.4 Å². The monoisotopic (exact) mass is 668 g/mol. The fraction of sp³-hybridized carbons (Fsp3) is 0.0417. The molecule has 0 spiro atoms. The van der Waals surface area contributed by atoms with Crippen LogP contribution in [0.1, 0.15) is 11.1 Å². The summed E-state index contributed by atoms with van der Waals surface area (Å²) in [6.45, 7) is 4.26. The van der Waals surface area contributed by atoms with E-state index in [1.54, 1.807) is 0 Å². The largest absolute Gasteiger partial charge is 0.310 e. The van der Waals surface area contributed by atoms with Crippen LogP contribution in [0.4, 0.5) is 17.1 Å². The summed E-state index contributed by atoms with van der Waals surface area (Å²) in [5.74, 6) is 0.713. The molecule has 248 valence electrons. The van der Waals surface area contributed by atoms with Crippen molar-refractivity contribution < 1.29 is 0 Å². The predicted octanol–water partition coefficient (Wildman–Crippen LogP) is 12.7. The zero-order chi connectivity index (χ0) is 35.0. The summed E-state index contributed by atoms with van der Waals surface area (Å²) in [6, 6.07) is 64.4. The zero-order valence-electron chi connectivity index (χ0n) is 29.1. The molecule has 0 aliphatic heterocycles. The molecule has 9 rings (SSSR count). The molecule has 0 unspecified atom stereocenters. The summed E-state index contributed by atoms with van der Waals surface area (Å²) < 4.78 is 2.37. The summed E-state index contributed by atoms with van der Waals surface area (Å²) in [4.78, 5) is 12.4. The van der Waals surface area contributed by atoms with Crippen LogP contribution in [0, 0.1) is 13.8 Å². The summed E-state index contributed by atoms with van der Waals surface area (Å²) >= 11 is 0. The van der Waals surface area contributed by atoms with Crippen molar-refractivity contribution in [2.75, 3.05) is 4.90 Å². The van der Waals surface area contributed by atoms with E-state index < -0.39 is 0 Å². The van der Waals surface area contributed by atoms with Gasteiger partial charge in [-0.25, -0.2) is 9.97 Å². The van der Waals surface area contributed by atoms with Gasteiger partial charge in [0.05, 0.1) is 22.4 Å². The molecule has 7 aromatic carbocycles. The van der Waals surface area contributed by atoms with Crippen LogP contribution >= 0.6 is 0 Å². The van der Waals surface area contributed by atoms with Crippen LogP contribution in [0.15, 0.2) is 182 Å². The minimum Gasteiger partial charge on any atom is -0.310 e. The summed E-state index contributed by atoms with van der Waals surface area (Å²) in [5, 5.41) is 2.42. The second kappa shape index (κ2) is 13.2. The van der Waals surface area contributed by atoms with Crippen LogP contribution in [0.5, 0.6) is 0 Å². The van der Waals surface area contributed by atoms with Crippen molar-refractivity contribution in [3.8, 4) is 39.6 Å². The number of anilines is 3. The first kappa shape index (κ1) is 31.2. The van der Waals surface area contributed by atoms with E-state index >= 15 is 0 Å². The van der Waals surface area contributed by atoms with Gasteiger partial charge in [-0.15, -0.1) is 0 Å². The lowest BCUT2D eigenvalue weighted by Crippen LogP contribution is -2.09. The molecular weight excluding hydrogens is 633 g/mol. The van der Waals surface area contributed by atoms with Crippen molar-refractivity contribution in [1.29, 1.82) is 0 Å². The highest BCUT2D eigenvalue weighted by molar-refractivity contribution is 6.10. The van der Waals surface area contributed by atoms with Gasteiger partial charge in [-0.3, -0.25) is 0 Å². The van der Waals surface area contributed by atoms with Gasteiger partial charge in [0.15, 0.2) is 5.82 Å². The number of nitrogens with zero attached hydrogens (tertiary/aromatic N) is 4. The molecule has 0 fully saturated rings. The van der Waals surface area contributed by atoms with Gasteiger partial charge >= 0.3 is 0 Å². The third-order valence-electron chi connectivity index (χ3n) is 9.75. The Morgan fingerprint density at radius 1 is 0.404 bits per heavy atom. The topological polar surface area (TPSA) is 34.0 Å². The maximum Gasteiger partial charge on any atom is 0.160 e. The molecule has 0 saturated carbocycles. The van der Waals surface area contributed by atoms with E-state index in [4.69, 9.17) is 9.97 Å². The number of para-hydroxylation sites is 1. The Balaban J connectivity index is 1.15. The maximum absolute atomic E-state index is 5.05. The quantitative estimate of drug-likeness (QED) is 0.169. The lowest BCUT2D eigenvalue weighted by atomic mass is 10.1. The van der Waals surface area contributed by atoms with Crippen molar-refractivity contribution in [3.05, 3.63) is 193 Å². The minimum absolute atomic E-state index is 0.713. The average molecular weight is 669 g/mol. The Morgan fingerprint density at radius 2 is 0.904 bits per heavy atom. The van der Waals surface area contributed by atoms with Gasteiger partial charge in [-0.05, 0) is 80.6 Å². The fourth-order valence-electron chi connectivity index (χ4n) is 7.06. The Kier molecular flexibility index (Phi) is 7.90. The molecule has 9 aromatic rings. The number of benzene rings is 7. The minimum atomic E-state index is 0.713. The van der Waals surface area contributed by atoms with E-state index in [0.717, 1.165) is 56.3 Å². The van der Waals surface area contributed by atoms with Crippen LogP contribution in [0.2, 0.25) is 0 Å². The molecule has 2 aromatic heterocycles. The molecule has 0 N–H and O–H groups in total. The van der Waals surface area contributed by atoms with E-state index in [1.807, 2.05) is 36.4 Å². The number of hydrogen-bond donors (Lipinski definition) is 0. The second-order valence-corrected chi connectivity index (χ2v) is 13.3. The number of fused-ring (bicyclic) bond motifs is 3. The van der Waals surface area contributed by atoms with Crippen LogP contribution in [0.3, 0.4) is 0 Å². The Hall–Kier alpha value is -6.78. The molecule has 52 heavy (non-hydrogen) atoms. The van der Waals surface area contributed by atoms with Gasteiger partial charge in [0.2, 0.25) is 0 Å².